The summed E-state index contributed by atoms with van der Waals surface area (Å²) in [5.74, 6) is 0. The highest BCUT2D eigenvalue weighted by Gasteiger charge is 2.29. The number of hydrogen-bond donors (Lipinski definition) is 1. The molecule has 0 aliphatic heterocycles. The lowest BCUT2D eigenvalue weighted by atomic mass is 10.0. The Labute approximate surface area is 94.5 Å². The van der Waals surface area contributed by atoms with Gasteiger partial charge in [0.1, 0.15) is 0 Å². The monoisotopic (exact) mass is 221 g/mol. The van der Waals surface area contributed by atoms with Crippen LogP contribution < -0.4 is 4.90 Å². The summed E-state index contributed by atoms with van der Waals surface area (Å²) >= 11 is 0. The van der Waals surface area contributed by atoms with E-state index in [1.165, 1.54) is 4.90 Å². The zero-order valence-electron chi connectivity index (χ0n) is 9.60. The third-order valence-electron chi connectivity index (χ3n) is 2.17. The molecule has 0 bridgehead atoms. The second-order valence-corrected chi connectivity index (χ2v) is 4.47. The second kappa shape index (κ2) is 4.35. The number of rotatable bonds is 2. The van der Waals surface area contributed by atoms with E-state index >= 15 is 0 Å². The van der Waals surface area contributed by atoms with Crippen molar-refractivity contribution in [1.82, 2.24) is 0 Å². The fourth-order valence-electron chi connectivity index (χ4n) is 1.54. The number of nitrogens with zero attached hydrogens (tertiary/aromatic N) is 1. The molecule has 0 unspecified atom stereocenters. The Balaban J connectivity index is 3.32. The summed E-state index contributed by atoms with van der Waals surface area (Å²) in [6.45, 7) is 5.34. The summed E-state index contributed by atoms with van der Waals surface area (Å²) in [7, 11) is 0. The van der Waals surface area contributed by atoms with Gasteiger partial charge in [-0.05, 0) is 32.9 Å². The van der Waals surface area contributed by atoms with Crippen LogP contribution in [0.1, 0.15) is 31.1 Å². The largest absolute Gasteiger partial charge is 0.465 e. The fraction of sp³-hybridized carbons (Fsp3) is 0.333. The molecule has 1 N–H and O–H groups in total. The molecule has 1 aromatic carbocycles. The fourth-order valence-corrected chi connectivity index (χ4v) is 1.54. The van der Waals surface area contributed by atoms with Gasteiger partial charge in [-0.1, -0.05) is 12.1 Å². The zero-order chi connectivity index (χ0) is 12.3. The number of para-hydroxylation sites is 1. The molecule has 1 rings (SSSR count). The van der Waals surface area contributed by atoms with Crippen LogP contribution in [0.25, 0.3) is 0 Å². The number of aldehydes is 1. The first-order chi connectivity index (χ1) is 7.38. The zero-order valence-corrected chi connectivity index (χ0v) is 9.60. The Kier molecular flexibility index (Phi) is 3.32. The Morgan fingerprint density at radius 1 is 1.31 bits per heavy atom. The molecule has 4 nitrogen and oxygen atoms in total. The van der Waals surface area contributed by atoms with Crippen molar-refractivity contribution in [2.75, 3.05) is 4.90 Å². The van der Waals surface area contributed by atoms with Gasteiger partial charge >= 0.3 is 6.09 Å². The summed E-state index contributed by atoms with van der Waals surface area (Å²) in [5.41, 5.74) is 0.197. The molecule has 0 spiro atoms. The normalized spacial score (nSPS) is 10.9. The van der Waals surface area contributed by atoms with Crippen molar-refractivity contribution < 1.29 is 14.7 Å². The molecule has 0 aromatic heterocycles. The lowest BCUT2D eigenvalue weighted by Gasteiger charge is -2.33. The molecule has 0 radical (unpaired) electrons. The smallest absolute Gasteiger partial charge is 0.412 e. The van der Waals surface area contributed by atoms with Crippen LogP contribution >= 0.6 is 0 Å². The summed E-state index contributed by atoms with van der Waals surface area (Å²) in [4.78, 5) is 23.3. The number of carbonyl (C=O) groups excluding carboxylic acids is 1. The van der Waals surface area contributed by atoms with Gasteiger partial charge in [0.2, 0.25) is 0 Å². The average molecular weight is 221 g/mol. The minimum absolute atomic E-state index is 0.375. The summed E-state index contributed by atoms with van der Waals surface area (Å²) < 4.78 is 0. The van der Waals surface area contributed by atoms with E-state index in [4.69, 9.17) is 0 Å². The van der Waals surface area contributed by atoms with Crippen LogP contribution in [0.15, 0.2) is 24.3 Å². The maximum absolute atomic E-state index is 11.2. The standard InChI is InChI=1S/C12H15NO3/c1-12(2,3)13(11(15)16)10-7-5-4-6-9(10)8-14/h4-8H,1-3H3,(H,15,16). The molecule has 0 aliphatic carbocycles. The molecule has 0 fully saturated rings. The van der Waals surface area contributed by atoms with Crippen molar-refractivity contribution in [3.63, 3.8) is 0 Å². The highest BCUT2D eigenvalue weighted by atomic mass is 16.4. The molecular weight excluding hydrogens is 206 g/mol. The lowest BCUT2D eigenvalue weighted by Crippen LogP contribution is -2.45. The van der Waals surface area contributed by atoms with Gasteiger partial charge in [-0.3, -0.25) is 9.69 Å². The van der Waals surface area contributed by atoms with Crippen molar-refractivity contribution in [3.8, 4) is 0 Å². The Morgan fingerprint density at radius 2 is 1.88 bits per heavy atom. The van der Waals surface area contributed by atoms with Crippen LogP contribution in [0.3, 0.4) is 0 Å². The van der Waals surface area contributed by atoms with Crippen molar-refractivity contribution in [1.29, 1.82) is 0 Å². The molecule has 1 amide bonds. The Hall–Kier alpha value is -1.84. The maximum atomic E-state index is 11.2. The van der Waals surface area contributed by atoms with Gasteiger partial charge < -0.3 is 5.11 Å². The van der Waals surface area contributed by atoms with Crippen LogP contribution in [0.2, 0.25) is 0 Å². The van der Waals surface area contributed by atoms with E-state index in [0.29, 0.717) is 17.5 Å². The Bertz CT molecular complexity index is 407. The molecule has 16 heavy (non-hydrogen) atoms. The van der Waals surface area contributed by atoms with E-state index in [2.05, 4.69) is 0 Å². The summed E-state index contributed by atoms with van der Waals surface area (Å²) in [6, 6.07) is 6.65. The molecule has 4 heteroatoms. The third kappa shape index (κ3) is 2.39. The van der Waals surface area contributed by atoms with Crippen LogP contribution in [0.4, 0.5) is 10.5 Å². The topological polar surface area (TPSA) is 57.6 Å². The SMILES string of the molecule is CC(C)(C)N(C(=O)O)c1ccccc1C=O. The van der Waals surface area contributed by atoms with Gasteiger partial charge in [0.05, 0.1) is 5.69 Å². The first kappa shape index (κ1) is 12.2. The molecule has 0 heterocycles. The number of carbonyl (C=O) groups is 2. The highest BCUT2D eigenvalue weighted by molar-refractivity contribution is 5.95. The molecule has 1 aromatic rings. The number of anilines is 1. The van der Waals surface area contributed by atoms with Crippen LogP contribution in [-0.2, 0) is 0 Å². The first-order valence-corrected chi connectivity index (χ1v) is 4.95. The van der Waals surface area contributed by atoms with Gasteiger partial charge in [0.25, 0.3) is 0 Å². The van der Waals surface area contributed by atoms with Gasteiger partial charge in [-0.25, -0.2) is 4.79 Å². The van der Waals surface area contributed by atoms with E-state index in [9.17, 15) is 14.7 Å². The first-order valence-electron chi connectivity index (χ1n) is 4.95. The van der Waals surface area contributed by atoms with E-state index in [1.54, 1.807) is 45.0 Å². The average Bonchev–Trinajstić information content (AvgIpc) is 2.15. The predicted molar refractivity (Wildman–Crippen MR) is 62.1 cm³/mol. The van der Waals surface area contributed by atoms with Crippen molar-refractivity contribution >= 4 is 18.1 Å². The number of carboxylic acid groups (broad SMARTS) is 1. The molecule has 0 saturated carbocycles. The summed E-state index contributed by atoms with van der Waals surface area (Å²) in [5, 5.41) is 9.19. The lowest BCUT2D eigenvalue weighted by molar-refractivity contribution is 0.112. The predicted octanol–water partition coefficient (Wildman–Crippen LogP) is 2.78. The van der Waals surface area contributed by atoms with Gasteiger partial charge in [0, 0.05) is 11.1 Å². The van der Waals surface area contributed by atoms with Crippen molar-refractivity contribution in [2.24, 2.45) is 0 Å². The van der Waals surface area contributed by atoms with Gasteiger partial charge in [0.15, 0.2) is 6.29 Å². The molecule has 0 atom stereocenters. The Morgan fingerprint density at radius 3 is 2.31 bits per heavy atom. The molecule has 0 saturated heterocycles. The van der Waals surface area contributed by atoms with Crippen molar-refractivity contribution in [3.05, 3.63) is 29.8 Å². The van der Waals surface area contributed by atoms with E-state index in [-0.39, 0.29) is 0 Å². The summed E-state index contributed by atoms with van der Waals surface area (Å²) in [6.07, 6.45) is -0.404. The van der Waals surface area contributed by atoms with Crippen LogP contribution in [0, 0.1) is 0 Å². The maximum Gasteiger partial charge on any atom is 0.412 e. The van der Waals surface area contributed by atoms with Gasteiger partial charge in [-0.15, -0.1) is 0 Å². The van der Waals surface area contributed by atoms with Crippen molar-refractivity contribution in [2.45, 2.75) is 26.3 Å². The van der Waals surface area contributed by atoms with Crippen LogP contribution in [-0.4, -0.2) is 23.0 Å². The minimum atomic E-state index is -1.07. The second-order valence-electron chi connectivity index (χ2n) is 4.47. The van der Waals surface area contributed by atoms with Crippen LogP contribution in [0.5, 0.6) is 0 Å². The van der Waals surface area contributed by atoms with E-state index in [0.717, 1.165) is 0 Å². The number of benzene rings is 1. The van der Waals surface area contributed by atoms with E-state index < -0.39 is 11.6 Å². The number of hydrogen-bond acceptors (Lipinski definition) is 2. The molecule has 0 aliphatic rings. The number of amides is 1. The molecule has 86 valence electrons. The minimum Gasteiger partial charge on any atom is -0.465 e. The van der Waals surface area contributed by atoms with Gasteiger partial charge in [-0.2, -0.15) is 0 Å². The highest BCUT2D eigenvalue weighted by Crippen LogP contribution is 2.26. The van der Waals surface area contributed by atoms with E-state index in [1.807, 2.05) is 0 Å². The molecular formula is C12H15NO3. The quantitative estimate of drug-likeness (QED) is 0.781. The third-order valence-corrected chi connectivity index (χ3v) is 2.17.